The fourth-order valence-corrected chi connectivity index (χ4v) is 5.37. The zero-order chi connectivity index (χ0) is 26.4. The van der Waals surface area contributed by atoms with Crippen molar-refractivity contribution in [2.75, 3.05) is 19.8 Å². The largest absolute Gasteiger partial charge is 0.492 e. The summed E-state index contributed by atoms with van der Waals surface area (Å²) in [6, 6.07) is 17.2. The van der Waals surface area contributed by atoms with Crippen LogP contribution in [-0.2, 0) is 11.4 Å². The van der Waals surface area contributed by atoms with Gasteiger partial charge in [0, 0.05) is 5.56 Å². The summed E-state index contributed by atoms with van der Waals surface area (Å²) in [5.41, 5.74) is 0.909. The third kappa shape index (κ3) is 6.77. The lowest BCUT2D eigenvalue weighted by Crippen LogP contribution is -2.32. The van der Waals surface area contributed by atoms with Crippen LogP contribution >= 0.6 is 46.0 Å². The van der Waals surface area contributed by atoms with Gasteiger partial charge in [0.25, 0.3) is 11.1 Å². The molecular formula is C27H22ClFINO5S. The highest BCUT2D eigenvalue weighted by Gasteiger charge is 2.35. The number of rotatable bonds is 10. The van der Waals surface area contributed by atoms with Crippen LogP contribution in [0.25, 0.3) is 6.08 Å². The van der Waals surface area contributed by atoms with E-state index in [4.69, 9.17) is 25.8 Å². The molecule has 4 rings (SSSR count). The number of halogens is 3. The van der Waals surface area contributed by atoms with Crippen molar-refractivity contribution in [3.63, 3.8) is 0 Å². The highest BCUT2D eigenvalue weighted by molar-refractivity contribution is 14.1. The summed E-state index contributed by atoms with van der Waals surface area (Å²) in [6.45, 7) is 2.46. The van der Waals surface area contributed by atoms with E-state index >= 15 is 0 Å². The van der Waals surface area contributed by atoms with Gasteiger partial charge in [0.15, 0.2) is 11.5 Å². The number of imide groups is 1. The number of amides is 2. The molecule has 0 spiro atoms. The zero-order valence-electron chi connectivity index (χ0n) is 19.7. The van der Waals surface area contributed by atoms with Gasteiger partial charge in [-0.15, -0.1) is 0 Å². The van der Waals surface area contributed by atoms with E-state index < -0.39 is 5.82 Å². The number of benzene rings is 3. The van der Waals surface area contributed by atoms with Crippen molar-refractivity contribution in [1.29, 1.82) is 0 Å². The fraction of sp³-hybridized carbons (Fsp3) is 0.185. The van der Waals surface area contributed by atoms with E-state index in [-0.39, 0.29) is 41.5 Å². The average Bonchev–Trinajstić information content (AvgIpc) is 3.13. The second-order valence-electron chi connectivity index (χ2n) is 7.75. The van der Waals surface area contributed by atoms with Crippen LogP contribution in [0.2, 0.25) is 5.02 Å². The normalized spacial score (nSPS) is 14.4. The molecule has 1 aliphatic rings. The number of hydrogen-bond acceptors (Lipinski definition) is 6. The van der Waals surface area contributed by atoms with Crippen LogP contribution in [0.15, 0.2) is 65.6 Å². The zero-order valence-corrected chi connectivity index (χ0v) is 23.4. The Morgan fingerprint density at radius 3 is 2.57 bits per heavy atom. The molecule has 10 heteroatoms. The van der Waals surface area contributed by atoms with Crippen molar-refractivity contribution in [3.8, 4) is 17.2 Å². The minimum Gasteiger partial charge on any atom is -0.492 e. The number of para-hydroxylation sites is 1. The minimum absolute atomic E-state index is 0.0785. The molecule has 192 valence electrons. The molecule has 0 saturated carbocycles. The molecule has 1 saturated heterocycles. The summed E-state index contributed by atoms with van der Waals surface area (Å²) >= 11 is 9.09. The summed E-state index contributed by atoms with van der Waals surface area (Å²) in [5.74, 6) is 0.701. The van der Waals surface area contributed by atoms with Gasteiger partial charge < -0.3 is 14.2 Å². The van der Waals surface area contributed by atoms with Gasteiger partial charge in [-0.1, -0.05) is 35.9 Å². The molecular weight excluding hydrogens is 632 g/mol. The monoisotopic (exact) mass is 653 g/mol. The number of carbonyl (C=O) groups excluding carboxylic acids is 2. The highest BCUT2D eigenvalue weighted by Crippen LogP contribution is 2.38. The van der Waals surface area contributed by atoms with Crippen molar-refractivity contribution in [1.82, 2.24) is 4.90 Å². The molecule has 0 N–H and O–H groups in total. The van der Waals surface area contributed by atoms with Gasteiger partial charge in [0.1, 0.15) is 24.8 Å². The standard InChI is InChI=1S/C27H22ClFINO5S/c1-2-34-23-14-17(13-22(30)25(23)36-16-19-20(28)9-6-10-21(19)29)15-24-26(32)31(27(33)37-24)11-12-35-18-7-4-3-5-8-18/h3-10,13-15H,2,11-12,16H2,1H3/b24-15-. The van der Waals surface area contributed by atoms with E-state index in [1.165, 1.54) is 17.0 Å². The van der Waals surface area contributed by atoms with Gasteiger partial charge in [-0.05, 0) is 89.3 Å². The number of thioether (sulfide) groups is 1. The molecule has 3 aromatic carbocycles. The summed E-state index contributed by atoms with van der Waals surface area (Å²) < 4.78 is 32.2. The molecule has 0 radical (unpaired) electrons. The Bertz CT molecular complexity index is 1320. The Hall–Kier alpha value is -2.76. The van der Waals surface area contributed by atoms with Crippen molar-refractivity contribution in [2.45, 2.75) is 13.5 Å². The van der Waals surface area contributed by atoms with Gasteiger partial charge in [0.05, 0.1) is 26.6 Å². The van der Waals surface area contributed by atoms with E-state index in [1.54, 1.807) is 24.3 Å². The summed E-state index contributed by atoms with van der Waals surface area (Å²) in [5, 5.41) is -0.0798. The molecule has 1 fully saturated rings. The molecule has 1 heterocycles. The Balaban J connectivity index is 1.49. The summed E-state index contributed by atoms with van der Waals surface area (Å²) in [6.07, 6.45) is 1.64. The smallest absolute Gasteiger partial charge is 0.293 e. The molecule has 1 aliphatic heterocycles. The number of hydrogen-bond donors (Lipinski definition) is 0. The van der Waals surface area contributed by atoms with Gasteiger partial charge in [0.2, 0.25) is 0 Å². The lowest BCUT2D eigenvalue weighted by Gasteiger charge is -2.16. The lowest BCUT2D eigenvalue weighted by atomic mass is 10.1. The molecule has 3 aromatic rings. The average molecular weight is 654 g/mol. The molecule has 0 unspecified atom stereocenters. The van der Waals surface area contributed by atoms with Gasteiger partial charge in [-0.2, -0.15) is 0 Å². The van der Waals surface area contributed by atoms with Gasteiger partial charge in [-0.3, -0.25) is 14.5 Å². The first-order valence-corrected chi connectivity index (χ1v) is 13.6. The van der Waals surface area contributed by atoms with Crippen LogP contribution in [0.5, 0.6) is 17.2 Å². The van der Waals surface area contributed by atoms with Crippen LogP contribution in [0, 0.1) is 9.39 Å². The van der Waals surface area contributed by atoms with Gasteiger partial charge in [-0.25, -0.2) is 4.39 Å². The van der Waals surface area contributed by atoms with E-state index in [1.807, 2.05) is 37.3 Å². The predicted molar refractivity (Wildman–Crippen MR) is 151 cm³/mol. The second kappa shape index (κ2) is 12.7. The van der Waals surface area contributed by atoms with Crippen molar-refractivity contribution in [2.24, 2.45) is 0 Å². The van der Waals surface area contributed by atoms with E-state index in [0.717, 1.165) is 11.8 Å². The van der Waals surface area contributed by atoms with E-state index in [9.17, 15) is 14.0 Å². The van der Waals surface area contributed by atoms with Gasteiger partial charge >= 0.3 is 0 Å². The van der Waals surface area contributed by atoms with Crippen molar-refractivity contribution >= 4 is 63.2 Å². The Morgan fingerprint density at radius 1 is 1.05 bits per heavy atom. The first-order chi connectivity index (χ1) is 17.9. The molecule has 0 bridgehead atoms. The number of carbonyl (C=O) groups is 2. The van der Waals surface area contributed by atoms with Crippen LogP contribution < -0.4 is 14.2 Å². The second-order valence-corrected chi connectivity index (χ2v) is 10.3. The first-order valence-electron chi connectivity index (χ1n) is 11.3. The first kappa shape index (κ1) is 27.3. The molecule has 37 heavy (non-hydrogen) atoms. The number of nitrogens with zero attached hydrogens (tertiary/aromatic N) is 1. The van der Waals surface area contributed by atoms with Crippen molar-refractivity contribution < 1.29 is 28.2 Å². The highest BCUT2D eigenvalue weighted by atomic mass is 127. The quantitative estimate of drug-likeness (QED) is 0.171. The minimum atomic E-state index is -0.456. The van der Waals surface area contributed by atoms with E-state index in [2.05, 4.69) is 22.6 Å². The van der Waals surface area contributed by atoms with Crippen LogP contribution in [0.4, 0.5) is 9.18 Å². The number of ether oxygens (including phenoxy) is 3. The maximum Gasteiger partial charge on any atom is 0.293 e. The Kier molecular flexibility index (Phi) is 9.33. The molecule has 0 aliphatic carbocycles. The summed E-state index contributed by atoms with van der Waals surface area (Å²) in [4.78, 5) is 26.9. The third-order valence-corrected chi connectivity index (χ3v) is 7.32. The molecule has 2 amide bonds. The molecule has 6 nitrogen and oxygen atoms in total. The molecule has 0 atom stereocenters. The SMILES string of the molecule is CCOc1cc(/C=C2\SC(=O)N(CCOc3ccccc3)C2=O)cc(I)c1OCc1c(F)cccc1Cl. The van der Waals surface area contributed by atoms with Crippen LogP contribution in [0.3, 0.4) is 0 Å². The Labute approximate surface area is 236 Å². The maximum atomic E-state index is 14.2. The van der Waals surface area contributed by atoms with E-state index in [0.29, 0.717) is 37.9 Å². The van der Waals surface area contributed by atoms with Crippen LogP contribution in [-0.4, -0.2) is 35.8 Å². The van der Waals surface area contributed by atoms with Crippen LogP contribution in [0.1, 0.15) is 18.1 Å². The topological polar surface area (TPSA) is 65.1 Å². The maximum absolute atomic E-state index is 14.2. The fourth-order valence-electron chi connectivity index (χ4n) is 3.50. The Morgan fingerprint density at radius 2 is 1.84 bits per heavy atom. The summed E-state index contributed by atoms with van der Waals surface area (Å²) in [7, 11) is 0. The third-order valence-electron chi connectivity index (χ3n) is 5.25. The predicted octanol–water partition coefficient (Wildman–Crippen LogP) is 7.18. The van der Waals surface area contributed by atoms with Crippen molar-refractivity contribution in [3.05, 3.63) is 91.1 Å². The lowest BCUT2D eigenvalue weighted by molar-refractivity contribution is -0.123. The molecule has 0 aromatic heterocycles.